The lowest BCUT2D eigenvalue weighted by Crippen LogP contribution is -2.50. The van der Waals surface area contributed by atoms with Gasteiger partial charge in [0.05, 0.1) is 13.2 Å². The van der Waals surface area contributed by atoms with Crippen molar-refractivity contribution in [2.75, 3.05) is 39.4 Å². The second-order valence-corrected chi connectivity index (χ2v) is 6.43. The average Bonchev–Trinajstić information content (AvgIpc) is 2.52. The van der Waals surface area contributed by atoms with Crippen LogP contribution in [0.3, 0.4) is 0 Å². The minimum Gasteiger partial charge on any atom is -0.379 e. The van der Waals surface area contributed by atoms with E-state index >= 15 is 0 Å². The standard InChI is InChI=1S/C18H30N2O/c1-15(2)18(20-9-11-21-12-10-20)14-19-13-16(3)17-7-5-4-6-8-17/h4-8,15-16,18-19H,9-14H2,1-3H3. The van der Waals surface area contributed by atoms with Gasteiger partial charge in [0.15, 0.2) is 0 Å². The van der Waals surface area contributed by atoms with Crippen LogP contribution in [0.5, 0.6) is 0 Å². The van der Waals surface area contributed by atoms with E-state index in [0.29, 0.717) is 17.9 Å². The molecule has 1 fully saturated rings. The molecular weight excluding hydrogens is 260 g/mol. The Bertz CT molecular complexity index is 387. The first kappa shape index (κ1) is 16.5. The summed E-state index contributed by atoms with van der Waals surface area (Å²) in [4.78, 5) is 2.58. The van der Waals surface area contributed by atoms with E-state index in [2.05, 4.69) is 61.3 Å². The minimum absolute atomic E-state index is 0.559. The molecule has 118 valence electrons. The smallest absolute Gasteiger partial charge is 0.0594 e. The topological polar surface area (TPSA) is 24.5 Å². The van der Waals surface area contributed by atoms with Crippen LogP contribution in [0.15, 0.2) is 30.3 Å². The van der Waals surface area contributed by atoms with Crippen molar-refractivity contribution >= 4 is 0 Å². The summed E-state index contributed by atoms with van der Waals surface area (Å²) in [7, 11) is 0. The van der Waals surface area contributed by atoms with Gasteiger partial charge in [-0.05, 0) is 17.4 Å². The van der Waals surface area contributed by atoms with Gasteiger partial charge in [0.25, 0.3) is 0 Å². The Kier molecular flexibility index (Phi) is 6.68. The minimum atomic E-state index is 0.559. The molecule has 0 bridgehead atoms. The fourth-order valence-electron chi connectivity index (χ4n) is 3.04. The van der Waals surface area contributed by atoms with Gasteiger partial charge in [0.2, 0.25) is 0 Å². The lowest BCUT2D eigenvalue weighted by Gasteiger charge is -2.37. The molecule has 3 nitrogen and oxygen atoms in total. The lowest BCUT2D eigenvalue weighted by atomic mass is 9.99. The van der Waals surface area contributed by atoms with E-state index < -0.39 is 0 Å². The molecule has 0 saturated carbocycles. The van der Waals surface area contributed by atoms with Crippen LogP contribution >= 0.6 is 0 Å². The van der Waals surface area contributed by atoms with E-state index in [9.17, 15) is 0 Å². The van der Waals surface area contributed by atoms with E-state index in [1.165, 1.54) is 5.56 Å². The zero-order valence-electron chi connectivity index (χ0n) is 13.7. The van der Waals surface area contributed by atoms with Gasteiger partial charge in [0.1, 0.15) is 0 Å². The Morgan fingerprint density at radius 3 is 2.33 bits per heavy atom. The number of benzene rings is 1. The van der Waals surface area contributed by atoms with Crippen molar-refractivity contribution in [2.45, 2.75) is 32.7 Å². The van der Waals surface area contributed by atoms with Crippen molar-refractivity contribution in [3.63, 3.8) is 0 Å². The number of hydrogen-bond donors (Lipinski definition) is 1. The molecule has 2 unspecified atom stereocenters. The zero-order valence-corrected chi connectivity index (χ0v) is 13.7. The van der Waals surface area contributed by atoms with E-state index in [0.717, 1.165) is 39.4 Å². The maximum absolute atomic E-state index is 5.47. The van der Waals surface area contributed by atoms with Crippen molar-refractivity contribution in [3.05, 3.63) is 35.9 Å². The van der Waals surface area contributed by atoms with Crippen molar-refractivity contribution in [1.82, 2.24) is 10.2 Å². The number of morpholine rings is 1. The first-order valence-corrected chi connectivity index (χ1v) is 8.26. The molecule has 1 aliphatic heterocycles. The van der Waals surface area contributed by atoms with Crippen molar-refractivity contribution in [1.29, 1.82) is 0 Å². The van der Waals surface area contributed by atoms with Crippen LogP contribution in [0, 0.1) is 5.92 Å². The monoisotopic (exact) mass is 290 g/mol. The molecule has 1 heterocycles. The third kappa shape index (κ3) is 5.10. The summed E-state index contributed by atoms with van der Waals surface area (Å²) in [6, 6.07) is 11.4. The van der Waals surface area contributed by atoms with E-state index in [-0.39, 0.29) is 0 Å². The molecule has 21 heavy (non-hydrogen) atoms. The third-order valence-corrected chi connectivity index (χ3v) is 4.46. The molecular formula is C18H30N2O. The fourth-order valence-corrected chi connectivity index (χ4v) is 3.04. The zero-order chi connectivity index (χ0) is 15.1. The van der Waals surface area contributed by atoms with Crippen molar-refractivity contribution < 1.29 is 4.74 Å². The predicted molar refractivity (Wildman–Crippen MR) is 88.7 cm³/mol. The highest BCUT2D eigenvalue weighted by atomic mass is 16.5. The first-order chi connectivity index (χ1) is 10.2. The van der Waals surface area contributed by atoms with Crippen LogP contribution in [-0.4, -0.2) is 50.3 Å². The van der Waals surface area contributed by atoms with Crippen LogP contribution in [-0.2, 0) is 4.74 Å². The van der Waals surface area contributed by atoms with E-state index in [4.69, 9.17) is 4.74 Å². The van der Waals surface area contributed by atoms with Crippen LogP contribution < -0.4 is 5.32 Å². The summed E-state index contributed by atoms with van der Waals surface area (Å²) in [6.07, 6.45) is 0. The summed E-state index contributed by atoms with van der Waals surface area (Å²) in [5.41, 5.74) is 1.41. The largest absolute Gasteiger partial charge is 0.379 e. The van der Waals surface area contributed by atoms with Crippen LogP contribution in [0.1, 0.15) is 32.3 Å². The summed E-state index contributed by atoms with van der Waals surface area (Å²) in [5, 5.41) is 3.68. The SMILES string of the molecule is CC(CNCC(C(C)C)N1CCOCC1)c1ccccc1. The number of ether oxygens (including phenoxy) is 1. The number of rotatable bonds is 7. The number of nitrogens with one attached hydrogen (secondary N) is 1. The Hall–Kier alpha value is -0.900. The summed E-state index contributed by atoms with van der Waals surface area (Å²) >= 11 is 0. The second kappa shape index (κ2) is 8.52. The van der Waals surface area contributed by atoms with Gasteiger partial charge in [-0.3, -0.25) is 4.90 Å². The molecule has 1 aliphatic rings. The maximum Gasteiger partial charge on any atom is 0.0594 e. The van der Waals surface area contributed by atoms with Gasteiger partial charge >= 0.3 is 0 Å². The highest BCUT2D eigenvalue weighted by Gasteiger charge is 2.23. The molecule has 2 rings (SSSR count). The molecule has 0 aliphatic carbocycles. The molecule has 1 saturated heterocycles. The third-order valence-electron chi connectivity index (χ3n) is 4.46. The summed E-state index contributed by atoms with van der Waals surface area (Å²) in [6.45, 7) is 12.9. The van der Waals surface area contributed by atoms with Crippen LogP contribution in [0.25, 0.3) is 0 Å². The lowest BCUT2D eigenvalue weighted by molar-refractivity contribution is 0.00653. The summed E-state index contributed by atoms with van der Waals surface area (Å²) < 4.78 is 5.47. The normalized spacial score (nSPS) is 19.6. The summed E-state index contributed by atoms with van der Waals surface area (Å²) in [5.74, 6) is 1.23. The molecule has 0 amide bonds. The Balaban J connectivity index is 1.79. The number of hydrogen-bond acceptors (Lipinski definition) is 3. The fraction of sp³-hybridized carbons (Fsp3) is 0.667. The average molecular weight is 290 g/mol. The van der Waals surface area contributed by atoms with Gasteiger partial charge in [-0.25, -0.2) is 0 Å². The number of nitrogens with zero attached hydrogens (tertiary/aromatic N) is 1. The molecule has 1 aromatic rings. The molecule has 2 atom stereocenters. The molecule has 0 aromatic heterocycles. The van der Waals surface area contributed by atoms with Gasteiger partial charge < -0.3 is 10.1 Å². The Morgan fingerprint density at radius 1 is 1.05 bits per heavy atom. The van der Waals surface area contributed by atoms with Gasteiger partial charge in [-0.15, -0.1) is 0 Å². The Labute approximate surface area is 129 Å². The first-order valence-electron chi connectivity index (χ1n) is 8.26. The van der Waals surface area contributed by atoms with Gasteiger partial charge in [-0.2, -0.15) is 0 Å². The Morgan fingerprint density at radius 2 is 1.71 bits per heavy atom. The van der Waals surface area contributed by atoms with Crippen LogP contribution in [0.4, 0.5) is 0 Å². The second-order valence-electron chi connectivity index (χ2n) is 6.43. The van der Waals surface area contributed by atoms with Gasteiger partial charge in [0, 0.05) is 32.2 Å². The van der Waals surface area contributed by atoms with Crippen molar-refractivity contribution in [2.24, 2.45) is 5.92 Å². The highest BCUT2D eigenvalue weighted by molar-refractivity contribution is 5.18. The highest BCUT2D eigenvalue weighted by Crippen LogP contribution is 2.15. The maximum atomic E-state index is 5.47. The predicted octanol–water partition coefficient (Wildman–Crippen LogP) is 2.74. The van der Waals surface area contributed by atoms with Crippen LogP contribution in [0.2, 0.25) is 0 Å². The van der Waals surface area contributed by atoms with Crippen molar-refractivity contribution in [3.8, 4) is 0 Å². The molecule has 0 spiro atoms. The van der Waals surface area contributed by atoms with Gasteiger partial charge in [-0.1, -0.05) is 51.1 Å². The quantitative estimate of drug-likeness (QED) is 0.835. The molecule has 3 heteroatoms. The molecule has 1 aromatic carbocycles. The molecule has 1 N–H and O–H groups in total. The van der Waals surface area contributed by atoms with E-state index in [1.54, 1.807) is 0 Å². The molecule has 0 radical (unpaired) electrons. The van der Waals surface area contributed by atoms with E-state index in [1.807, 2.05) is 0 Å².